The third-order valence-corrected chi connectivity index (χ3v) is 8.13. The van der Waals surface area contributed by atoms with E-state index >= 15 is 0 Å². The van der Waals surface area contributed by atoms with E-state index in [1.807, 2.05) is 0 Å². The van der Waals surface area contributed by atoms with Gasteiger partial charge in [-0.05, 0) is 30.3 Å². The molecule has 0 radical (unpaired) electrons. The number of nitrogens with one attached hydrogen (secondary N) is 2. The molecule has 0 bridgehead atoms. The molecule has 2 N–H and O–H groups in total. The number of hydrogen-bond donors (Lipinski definition) is 2. The predicted octanol–water partition coefficient (Wildman–Crippen LogP) is 0.505. The van der Waals surface area contributed by atoms with Crippen molar-refractivity contribution in [2.75, 3.05) is 45.3 Å². The van der Waals surface area contributed by atoms with Crippen LogP contribution in [0.4, 0.5) is 5.69 Å². The Hall–Kier alpha value is -3.02. The van der Waals surface area contributed by atoms with Gasteiger partial charge in [0.05, 0.1) is 47.9 Å². The van der Waals surface area contributed by atoms with E-state index < -0.39 is 32.5 Å². The molecule has 1 saturated heterocycles. The lowest BCUT2D eigenvalue weighted by atomic mass is 10.2. The maximum Gasteiger partial charge on any atom is 0.243 e. The van der Waals surface area contributed by atoms with Crippen molar-refractivity contribution in [1.82, 2.24) is 9.03 Å². The van der Waals surface area contributed by atoms with E-state index in [0.29, 0.717) is 0 Å². The molecule has 0 atom stereocenters. The summed E-state index contributed by atoms with van der Waals surface area (Å²) in [4.78, 5) is 12.1. The Labute approximate surface area is 192 Å². The molecule has 2 aromatic rings. The van der Waals surface area contributed by atoms with Crippen molar-refractivity contribution in [3.05, 3.63) is 48.0 Å². The second-order valence-corrected chi connectivity index (χ2v) is 10.5. The molecule has 0 saturated carbocycles. The number of nitrogens with zero attached hydrogens (tertiary/aromatic N) is 2. The molecule has 176 valence electrons. The van der Waals surface area contributed by atoms with Crippen molar-refractivity contribution in [3.63, 3.8) is 0 Å². The van der Waals surface area contributed by atoms with E-state index in [0.717, 1.165) is 0 Å². The molecule has 1 aliphatic heterocycles. The van der Waals surface area contributed by atoms with E-state index in [1.165, 1.54) is 53.9 Å². The lowest BCUT2D eigenvalue weighted by Crippen LogP contribution is -2.40. The van der Waals surface area contributed by atoms with E-state index in [2.05, 4.69) is 10.0 Å². The van der Waals surface area contributed by atoms with Crippen LogP contribution in [0.2, 0.25) is 0 Å². The third-order valence-electron chi connectivity index (χ3n) is 4.77. The lowest BCUT2D eigenvalue weighted by Gasteiger charge is -2.26. The SMILES string of the molecule is COc1ccc(S(=O)(=O)N2CCOCC2)cc1NC(=O)CNS(=O)(=O)c1ccccc1C#N. The van der Waals surface area contributed by atoms with Crippen LogP contribution in [0.1, 0.15) is 5.56 Å². The van der Waals surface area contributed by atoms with Crippen LogP contribution in [0.15, 0.2) is 52.3 Å². The minimum atomic E-state index is -4.13. The van der Waals surface area contributed by atoms with Gasteiger partial charge in [-0.15, -0.1) is 0 Å². The second-order valence-electron chi connectivity index (χ2n) is 6.86. The fourth-order valence-electron chi connectivity index (χ4n) is 3.11. The summed E-state index contributed by atoms with van der Waals surface area (Å²) in [5.74, 6) is -0.561. The minimum Gasteiger partial charge on any atom is -0.495 e. The van der Waals surface area contributed by atoms with Gasteiger partial charge in [0.1, 0.15) is 11.8 Å². The highest BCUT2D eigenvalue weighted by Gasteiger charge is 2.27. The fraction of sp³-hybridized carbons (Fsp3) is 0.300. The highest BCUT2D eigenvalue weighted by atomic mass is 32.2. The smallest absolute Gasteiger partial charge is 0.243 e. The summed E-state index contributed by atoms with van der Waals surface area (Å²) in [7, 11) is -6.60. The number of sulfonamides is 2. The average molecular weight is 495 g/mol. The Morgan fingerprint density at radius 3 is 2.52 bits per heavy atom. The molecule has 1 aliphatic rings. The Kier molecular flexibility index (Phi) is 7.67. The van der Waals surface area contributed by atoms with Crippen LogP contribution in [0, 0.1) is 11.3 Å². The van der Waals surface area contributed by atoms with Crippen LogP contribution in [0.3, 0.4) is 0 Å². The number of carbonyl (C=O) groups is 1. The summed E-state index contributed by atoms with van der Waals surface area (Å²) in [5.41, 5.74) is 0.00144. The molecular weight excluding hydrogens is 472 g/mol. The highest BCUT2D eigenvalue weighted by Crippen LogP contribution is 2.29. The van der Waals surface area contributed by atoms with Gasteiger partial charge in [0.2, 0.25) is 26.0 Å². The quantitative estimate of drug-likeness (QED) is 0.538. The van der Waals surface area contributed by atoms with Crippen LogP contribution in [0.25, 0.3) is 0 Å². The molecule has 0 aliphatic carbocycles. The van der Waals surface area contributed by atoms with Crippen molar-refractivity contribution < 1.29 is 31.1 Å². The molecule has 11 nitrogen and oxygen atoms in total. The summed E-state index contributed by atoms with van der Waals surface area (Å²) in [6.45, 7) is 0.345. The van der Waals surface area contributed by atoms with Crippen molar-refractivity contribution in [3.8, 4) is 11.8 Å². The molecule has 0 spiro atoms. The van der Waals surface area contributed by atoms with Gasteiger partial charge < -0.3 is 14.8 Å². The molecule has 1 amide bonds. The Morgan fingerprint density at radius 2 is 1.85 bits per heavy atom. The van der Waals surface area contributed by atoms with Crippen molar-refractivity contribution in [2.24, 2.45) is 0 Å². The van der Waals surface area contributed by atoms with Gasteiger partial charge in [0, 0.05) is 13.1 Å². The summed E-state index contributed by atoms with van der Waals surface area (Å²) in [6.07, 6.45) is 0. The summed E-state index contributed by atoms with van der Waals surface area (Å²) in [6, 6.07) is 11.4. The number of nitriles is 1. The van der Waals surface area contributed by atoms with Crippen LogP contribution in [-0.2, 0) is 29.6 Å². The Morgan fingerprint density at radius 1 is 1.15 bits per heavy atom. The van der Waals surface area contributed by atoms with Crippen LogP contribution in [0.5, 0.6) is 5.75 Å². The van der Waals surface area contributed by atoms with Crippen molar-refractivity contribution in [2.45, 2.75) is 9.79 Å². The molecule has 1 fully saturated rings. The van der Waals surface area contributed by atoms with Crippen molar-refractivity contribution in [1.29, 1.82) is 5.26 Å². The minimum absolute atomic E-state index is 0.0518. The van der Waals surface area contributed by atoms with Gasteiger partial charge in [-0.1, -0.05) is 12.1 Å². The number of amides is 1. The average Bonchev–Trinajstić information content (AvgIpc) is 2.83. The zero-order valence-electron chi connectivity index (χ0n) is 17.6. The second kappa shape index (κ2) is 10.3. The van der Waals surface area contributed by atoms with Crippen LogP contribution in [-0.4, -0.2) is 67.0 Å². The Balaban J connectivity index is 1.76. The molecule has 33 heavy (non-hydrogen) atoms. The first kappa shape index (κ1) is 24.6. The number of anilines is 1. The number of benzene rings is 2. The zero-order chi connectivity index (χ0) is 24.1. The van der Waals surface area contributed by atoms with Gasteiger partial charge in [-0.3, -0.25) is 4.79 Å². The van der Waals surface area contributed by atoms with Gasteiger partial charge >= 0.3 is 0 Å². The number of rotatable bonds is 8. The monoisotopic (exact) mass is 494 g/mol. The topological polar surface area (TPSA) is 155 Å². The van der Waals surface area contributed by atoms with E-state index in [9.17, 15) is 21.6 Å². The fourth-order valence-corrected chi connectivity index (χ4v) is 5.68. The van der Waals surface area contributed by atoms with Gasteiger partial charge in [0.15, 0.2) is 0 Å². The van der Waals surface area contributed by atoms with Crippen LogP contribution < -0.4 is 14.8 Å². The maximum atomic E-state index is 12.9. The molecular formula is C20H22N4O7S2. The lowest BCUT2D eigenvalue weighted by molar-refractivity contribution is -0.115. The third kappa shape index (κ3) is 5.67. The predicted molar refractivity (Wildman–Crippen MR) is 118 cm³/mol. The summed E-state index contributed by atoms with van der Waals surface area (Å²) >= 11 is 0. The number of carbonyl (C=O) groups excluding carboxylic acids is 1. The van der Waals surface area contributed by atoms with Gasteiger partial charge in [-0.25, -0.2) is 21.6 Å². The molecule has 0 aromatic heterocycles. The highest BCUT2D eigenvalue weighted by molar-refractivity contribution is 7.89. The Bertz CT molecular complexity index is 1280. The number of hydrogen-bond acceptors (Lipinski definition) is 8. The van der Waals surface area contributed by atoms with Gasteiger partial charge in [-0.2, -0.15) is 9.57 Å². The first-order valence-electron chi connectivity index (χ1n) is 9.73. The molecule has 3 rings (SSSR count). The maximum absolute atomic E-state index is 12.9. The largest absolute Gasteiger partial charge is 0.495 e. The molecule has 1 heterocycles. The normalized spacial score (nSPS) is 14.9. The number of ether oxygens (including phenoxy) is 2. The van der Waals surface area contributed by atoms with Crippen molar-refractivity contribution >= 4 is 31.6 Å². The molecule has 2 aromatic carbocycles. The summed E-state index contributed by atoms with van der Waals surface area (Å²) in [5, 5.41) is 11.6. The van der Waals surface area contributed by atoms with E-state index in [1.54, 1.807) is 6.07 Å². The van der Waals surface area contributed by atoms with E-state index in [4.69, 9.17) is 14.7 Å². The van der Waals surface area contributed by atoms with Gasteiger partial charge in [0.25, 0.3) is 0 Å². The molecule has 0 unspecified atom stereocenters. The zero-order valence-corrected chi connectivity index (χ0v) is 19.3. The number of morpholine rings is 1. The van der Waals surface area contributed by atoms with E-state index in [-0.39, 0.29) is 53.1 Å². The number of methoxy groups -OCH3 is 1. The standard InChI is InChI=1S/C20H22N4O7S2/c1-30-18-7-6-16(33(28,29)24-8-10-31-11-9-24)12-17(18)23-20(25)14-22-32(26,27)19-5-3-2-4-15(19)13-21/h2-7,12,22H,8-11,14H2,1H3,(H,23,25). The summed E-state index contributed by atoms with van der Waals surface area (Å²) < 4.78 is 64.6. The first-order valence-corrected chi connectivity index (χ1v) is 12.7. The van der Waals surface area contributed by atoms with Crippen LogP contribution >= 0.6 is 0 Å². The first-order chi connectivity index (χ1) is 15.7. The molecule has 13 heteroatoms.